The fraction of sp³-hybridized carbons (Fsp3) is 0.529. The summed E-state index contributed by atoms with van der Waals surface area (Å²) in [7, 11) is 0. The van der Waals surface area contributed by atoms with Crippen molar-refractivity contribution >= 4 is 11.8 Å². The number of aliphatic hydroxyl groups is 1. The molecule has 2 rings (SSSR count). The summed E-state index contributed by atoms with van der Waals surface area (Å²) in [6, 6.07) is 10.0. The van der Waals surface area contributed by atoms with Crippen molar-refractivity contribution in [1.29, 1.82) is 0 Å². The summed E-state index contributed by atoms with van der Waals surface area (Å²) >= 11 is 0. The predicted molar refractivity (Wildman–Crippen MR) is 85.9 cm³/mol. The van der Waals surface area contributed by atoms with Gasteiger partial charge in [0.05, 0.1) is 6.10 Å². The first-order valence-electron chi connectivity index (χ1n) is 7.91. The van der Waals surface area contributed by atoms with Crippen LogP contribution in [0, 0.1) is 0 Å². The third-order valence-electron chi connectivity index (χ3n) is 4.19. The highest BCUT2D eigenvalue weighted by Crippen LogP contribution is 2.34. The van der Waals surface area contributed by atoms with Crippen LogP contribution in [0.25, 0.3) is 0 Å². The van der Waals surface area contributed by atoms with Gasteiger partial charge in [-0.3, -0.25) is 9.59 Å². The average Bonchev–Trinajstić information content (AvgIpc) is 2.59. The number of nitrogens with one attached hydrogen (secondary N) is 2. The van der Waals surface area contributed by atoms with Crippen LogP contribution in [0.1, 0.15) is 25.3 Å². The summed E-state index contributed by atoms with van der Waals surface area (Å²) in [6.45, 7) is 3.27. The van der Waals surface area contributed by atoms with Crippen LogP contribution in [-0.2, 0) is 19.7 Å². The molecule has 1 aliphatic heterocycles. The molecule has 126 valence electrons. The summed E-state index contributed by atoms with van der Waals surface area (Å²) in [5, 5.41) is 14.3. The highest BCUT2D eigenvalue weighted by atomic mass is 16.5. The molecule has 0 saturated carbocycles. The van der Waals surface area contributed by atoms with Crippen LogP contribution in [0.5, 0.6) is 0 Å². The molecule has 6 nitrogen and oxygen atoms in total. The third-order valence-corrected chi connectivity index (χ3v) is 4.19. The van der Waals surface area contributed by atoms with E-state index in [4.69, 9.17) is 9.84 Å². The molecule has 1 heterocycles. The van der Waals surface area contributed by atoms with Crippen molar-refractivity contribution in [3.8, 4) is 0 Å². The number of ether oxygens (including phenoxy) is 1. The minimum absolute atomic E-state index is 0.0594. The Morgan fingerprint density at radius 2 is 1.78 bits per heavy atom. The molecular weight excluding hydrogens is 296 g/mol. The van der Waals surface area contributed by atoms with Crippen LogP contribution in [0.4, 0.5) is 0 Å². The molecule has 3 N–H and O–H groups in total. The molecule has 1 aromatic carbocycles. The van der Waals surface area contributed by atoms with E-state index in [1.807, 2.05) is 30.3 Å². The van der Waals surface area contributed by atoms with E-state index in [2.05, 4.69) is 10.6 Å². The fourth-order valence-electron chi connectivity index (χ4n) is 2.77. The maximum absolute atomic E-state index is 11.9. The van der Waals surface area contributed by atoms with Gasteiger partial charge in [-0.15, -0.1) is 0 Å². The molecule has 23 heavy (non-hydrogen) atoms. The molecule has 1 saturated heterocycles. The molecule has 1 aromatic rings. The van der Waals surface area contributed by atoms with Crippen molar-refractivity contribution in [3.63, 3.8) is 0 Å². The standard InChI is InChI=1S/C17H24N2O4/c1-13(20)11-18-15(21)16(22)19-12-17(7-9-23-10-8-17)14-5-3-2-4-6-14/h2-6,13,20H,7-12H2,1H3,(H,18,21)(H,19,22)/t13-/m1/s1. The maximum Gasteiger partial charge on any atom is 0.309 e. The topological polar surface area (TPSA) is 87.7 Å². The highest BCUT2D eigenvalue weighted by Gasteiger charge is 2.35. The van der Waals surface area contributed by atoms with E-state index in [0.717, 1.165) is 18.4 Å². The number of rotatable bonds is 5. The number of amides is 2. The van der Waals surface area contributed by atoms with Crippen LogP contribution in [0.3, 0.4) is 0 Å². The van der Waals surface area contributed by atoms with Crippen molar-refractivity contribution in [3.05, 3.63) is 35.9 Å². The van der Waals surface area contributed by atoms with Crippen molar-refractivity contribution < 1.29 is 19.4 Å². The molecule has 1 aliphatic rings. The Labute approximate surface area is 136 Å². The smallest absolute Gasteiger partial charge is 0.309 e. The van der Waals surface area contributed by atoms with Gasteiger partial charge < -0.3 is 20.5 Å². The van der Waals surface area contributed by atoms with E-state index in [1.54, 1.807) is 6.92 Å². The van der Waals surface area contributed by atoms with E-state index >= 15 is 0 Å². The number of benzene rings is 1. The van der Waals surface area contributed by atoms with Gasteiger partial charge in [-0.25, -0.2) is 0 Å². The van der Waals surface area contributed by atoms with E-state index in [9.17, 15) is 9.59 Å². The van der Waals surface area contributed by atoms with Gasteiger partial charge in [-0.1, -0.05) is 30.3 Å². The lowest BCUT2D eigenvalue weighted by Gasteiger charge is -2.37. The lowest BCUT2D eigenvalue weighted by Crippen LogP contribution is -2.49. The minimum atomic E-state index is -0.721. The average molecular weight is 320 g/mol. The highest BCUT2D eigenvalue weighted by molar-refractivity contribution is 6.35. The Morgan fingerprint density at radius 3 is 2.39 bits per heavy atom. The van der Waals surface area contributed by atoms with Gasteiger partial charge in [0.2, 0.25) is 0 Å². The van der Waals surface area contributed by atoms with Crippen LogP contribution < -0.4 is 10.6 Å². The van der Waals surface area contributed by atoms with Crippen molar-refractivity contribution in [2.24, 2.45) is 0 Å². The summed E-state index contributed by atoms with van der Waals surface area (Å²) in [5.41, 5.74) is 0.938. The van der Waals surface area contributed by atoms with E-state index < -0.39 is 17.9 Å². The first-order chi connectivity index (χ1) is 11.0. The predicted octanol–water partition coefficient (Wildman–Crippen LogP) is 0.348. The zero-order valence-electron chi connectivity index (χ0n) is 13.4. The Kier molecular flexibility index (Phi) is 6.12. The molecule has 2 amide bonds. The molecule has 0 radical (unpaired) electrons. The monoisotopic (exact) mass is 320 g/mol. The number of carbonyl (C=O) groups is 2. The first kappa shape index (κ1) is 17.4. The maximum atomic E-state index is 11.9. The van der Waals surface area contributed by atoms with E-state index in [1.165, 1.54) is 0 Å². The number of carbonyl (C=O) groups excluding carboxylic acids is 2. The molecular formula is C17H24N2O4. The molecule has 0 aliphatic carbocycles. The van der Waals surface area contributed by atoms with E-state index in [-0.39, 0.29) is 12.0 Å². The minimum Gasteiger partial charge on any atom is -0.392 e. The van der Waals surface area contributed by atoms with E-state index in [0.29, 0.717) is 19.8 Å². The molecule has 1 atom stereocenters. The molecule has 1 fully saturated rings. The molecule has 0 bridgehead atoms. The Hall–Kier alpha value is -1.92. The normalized spacial score (nSPS) is 18.0. The molecule has 0 spiro atoms. The van der Waals surface area contributed by atoms with Gasteiger partial charge in [0.15, 0.2) is 0 Å². The quantitative estimate of drug-likeness (QED) is 0.683. The van der Waals surface area contributed by atoms with Crippen molar-refractivity contribution in [2.45, 2.75) is 31.3 Å². The van der Waals surface area contributed by atoms with Crippen LogP contribution in [0.15, 0.2) is 30.3 Å². The van der Waals surface area contributed by atoms with Gasteiger partial charge in [-0.2, -0.15) is 0 Å². The number of hydrogen-bond acceptors (Lipinski definition) is 4. The summed E-state index contributed by atoms with van der Waals surface area (Å²) < 4.78 is 5.45. The zero-order valence-corrected chi connectivity index (χ0v) is 13.4. The number of hydrogen-bond donors (Lipinski definition) is 3. The largest absolute Gasteiger partial charge is 0.392 e. The van der Waals surface area contributed by atoms with Gasteiger partial charge >= 0.3 is 11.8 Å². The van der Waals surface area contributed by atoms with Crippen LogP contribution in [-0.4, -0.2) is 49.3 Å². The lowest BCUT2D eigenvalue weighted by atomic mass is 9.74. The summed E-state index contributed by atoms with van der Waals surface area (Å²) in [6.07, 6.45) is 0.914. The van der Waals surface area contributed by atoms with Crippen molar-refractivity contribution in [1.82, 2.24) is 10.6 Å². The Balaban J connectivity index is 1.99. The molecule has 6 heteroatoms. The molecule has 0 unspecified atom stereocenters. The third kappa shape index (κ3) is 4.77. The first-order valence-corrected chi connectivity index (χ1v) is 7.91. The molecule has 0 aromatic heterocycles. The SMILES string of the molecule is C[C@@H](O)CNC(=O)C(=O)NCC1(c2ccccc2)CCOCC1. The Bertz CT molecular complexity index is 525. The summed E-state index contributed by atoms with van der Waals surface area (Å²) in [4.78, 5) is 23.6. The van der Waals surface area contributed by atoms with Gasteiger partial charge in [0.1, 0.15) is 0 Å². The fourth-order valence-corrected chi connectivity index (χ4v) is 2.77. The second kappa shape index (κ2) is 8.08. The number of aliphatic hydroxyl groups excluding tert-OH is 1. The van der Waals surface area contributed by atoms with Crippen LogP contribution in [0.2, 0.25) is 0 Å². The van der Waals surface area contributed by atoms with Gasteiger partial charge in [-0.05, 0) is 25.3 Å². The Morgan fingerprint density at radius 1 is 1.17 bits per heavy atom. The van der Waals surface area contributed by atoms with Crippen molar-refractivity contribution in [2.75, 3.05) is 26.3 Å². The zero-order chi connectivity index (χ0) is 16.7. The van der Waals surface area contributed by atoms with Gasteiger partial charge in [0.25, 0.3) is 0 Å². The second-order valence-electron chi connectivity index (χ2n) is 6.00. The summed E-state index contributed by atoms with van der Waals surface area (Å²) in [5.74, 6) is -1.39. The van der Waals surface area contributed by atoms with Crippen LogP contribution >= 0.6 is 0 Å². The van der Waals surface area contributed by atoms with Gasteiger partial charge in [0, 0.05) is 31.7 Å². The lowest BCUT2D eigenvalue weighted by molar-refractivity contribution is -0.139. The second-order valence-corrected chi connectivity index (χ2v) is 6.00.